The third-order valence-electron chi connectivity index (χ3n) is 3.46. The van der Waals surface area contributed by atoms with Crippen LogP contribution in [0.2, 0.25) is 0 Å². The van der Waals surface area contributed by atoms with Crippen molar-refractivity contribution in [1.29, 1.82) is 0 Å². The number of pyridine rings is 1. The first kappa shape index (κ1) is 15.0. The Labute approximate surface area is 134 Å². The van der Waals surface area contributed by atoms with Gasteiger partial charge in [0, 0.05) is 17.5 Å². The number of hydrogen-bond acceptors (Lipinski definition) is 5. The van der Waals surface area contributed by atoms with E-state index in [-0.39, 0.29) is 5.91 Å². The van der Waals surface area contributed by atoms with Crippen LogP contribution in [0.3, 0.4) is 0 Å². The lowest BCUT2D eigenvalue weighted by Gasteiger charge is -2.18. The van der Waals surface area contributed by atoms with Crippen LogP contribution in [0.15, 0.2) is 41.6 Å². The van der Waals surface area contributed by atoms with Crippen LogP contribution in [0, 0.1) is 6.92 Å². The fourth-order valence-corrected chi connectivity index (χ4v) is 2.13. The minimum atomic E-state index is -0.297. The number of fused-ring (bicyclic) bond motifs is 1. The minimum Gasteiger partial charge on any atom is -0.486 e. The first-order valence-corrected chi connectivity index (χ1v) is 7.31. The van der Waals surface area contributed by atoms with Gasteiger partial charge in [0.2, 0.25) is 0 Å². The number of ether oxygens (including phenoxy) is 2. The number of hydrogen-bond donors (Lipinski definition) is 1. The number of hydrazone groups is 1. The quantitative estimate of drug-likeness (QED) is 0.697. The van der Waals surface area contributed by atoms with Crippen molar-refractivity contribution in [1.82, 2.24) is 10.4 Å². The molecular formula is C17H17N3O3. The first-order chi connectivity index (χ1) is 11.1. The first-order valence-electron chi connectivity index (χ1n) is 7.31. The molecule has 0 saturated heterocycles. The number of nitrogens with one attached hydrogen (secondary N) is 1. The second-order valence-corrected chi connectivity index (χ2v) is 5.18. The van der Waals surface area contributed by atoms with Gasteiger partial charge in [0.1, 0.15) is 13.2 Å². The van der Waals surface area contributed by atoms with Gasteiger partial charge in [0.25, 0.3) is 5.91 Å². The average Bonchev–Trinajstić information content (AvgIpc) is 2.59. The van der Waals surface area contributed by atoms with E-state index in [1.165, 1.54) is 6.20 Å². The average molecular weight is 311 g/mol. The zero-order valence-electron chi connectivity index (χ0n) is 13.0. The molecule has 0 fully saturated rings. The Hall–Kier alpha value is -2.89. The van der Waals surface area contributed by atoms with E-state index in [9.17, 15) is 4.79 Å². The number of nitrogens with zero attached hydrogens (tertiary/aromatic N) is 2. The zero-order valence-corrected chi connectivity index (χ0v) is 13.0. The van der Waals surface area contributed by atoms with Crippen LogP contribution in [-0.2, 0) is 0 Å². The maximum atomic E-state index is 12.0. The topological polar surface area (TPSA) is 72.8 Å². The number of aromatic nitrogens is 1. The number of rotatable bonds is 3. The van der Waals surface area contributed by atoms with Crippen molar-refractivity contribution in [2.75, 3.05) is 13.2 Å². The SMILES string of the molecule is C/C(=N\NC(=O)c1ccc(C)nc1)c1ccc2c(c1)OCCO2. The van der Waals surface area contributed by atoms with Crippen LogP contribution < -0.4 is 14.9 Å². The molecule has 6 nitrogen and oxygen atoms in total. The molecule has 6 heteroatoms. The van der Waals surface area contributed by atoms with Crippen molar-refractivity contribution in [2.45, 2.75) is 13.8 Å². The molecule has 0 radical (unpaired) electrons. The van der Waals surface area contributed by atoms with Gasteiger partial charge in [-0.2, -0.15) is 5.10 Å². The van der Waals surface area contributed by atoms with Crippen LogP contribution in [0.4, 0.5) is 0 Å². The third kappa shape index (κ3) is 3.48. The van der Waals surface area contributed by atoms with Gasteiger partial charge in [-0.1, -0.05) is 0 Å². The zero-order chi connectivity index (χ0) is 16.2. The highest BCUT2D eigenvalue weighted by atomic mass is 16.6. The molecule has 23 heavy (non-hydrogen) atoms. The Morgan fingerprint density at radius 2 is 1.87 bits per heavy atom. The summed E-state index contributed by atoms with van der Waals surface area (Å²) in [5.74, 6) is 1.12. The van der Waals surface area contributed by atoms with E-state index in [0.717, 1.165) is 17.0 Å². The molecule has 0 spiro atoms. The number of carbonyl (C=O) groups excluding carboxylic acids is 1. The van der Waals surface area contributed by atoms with E-state index in [1.807, 2.05) is 32.0 Å². The molecule has 0 bridgehead atoms. The van der Waals surface area contributed by atoms with E-state index >= 15 is 0 Å². The van der Waals surface area contributed by atoms with Crippen LogP contribution in [0.25, 0.3) is 0 Å². The van der Waals surface area contributed by atoms with Crippen LogP contribution in [0.5, 0.6) is 11.5 Å². The highest BCUT2D eigenvalue weighted by Crippen LogP contribution is 2.30. The lowest BCUT2D eigenvalue weighted by molar-refractivity contribution is 0.0954. The molecule has 2 aromatic rings. The second kappa shape index (κ2) is 6.48. The molecule has 1 aromatic carbocycles. The van der Waals surface area contributed by atoms with E-state index in [0.29, 0.717) is 30.2 Å². The van der Waals surface area contributed by atoms with Crippen molar-refractivity contribution < 1.29 is 14.3 Å². The van der Waals surface area contributed by atoms with Crippen molar-refractivity contribution in [2.24, 2.45) is 5.10 Å². The Morgan fingerprint density at radius 1 is 1.13 bits per heavy atom. The van der Waals surface area contributed by atoms with Crippen molar-refractivity contribution in [3.8, 4) is 11.5 Å². The van der Waals surface area contributed by atoms with Crippen molar-refractivity contribution in [3.63, 3.8) is 0 Å². The fourth-order valence-electron chi connectivity index (χ4n) is 2.13. The summed E-state index contributed by atoms with van der Waals surface area (Å²) in [7, 11) is 0. The monoisotopic (exact) mass is 311 g/mol. The smallest absolute Gasteiger partial charge is 0.272 e. The Kier molecular flexibility index (Phi) is 4.23. The molecule has 1 amide bonds. The normalized spacial score (nSPS) is 13.6. The highest BCUT2D eigenvalue weighted by Gasteiger charge is 2.13. The lowest BCUT2D eigenvalue weighted by Crippen LogP contribution is -2.20. The predicted molar refractivity (Wildman–Crippen MR) is 86.1 cm³/mol. The molecule has 118 valence electrons. The summed E-state index contributed by atoms with van der Waals surface area (Å²) in [6.07, 6.45) is 1.53. The number of amides is 1. The van der Waals surface area contributed by atoms with E-state index in [4.69, 9.17) is 9.47 Å². The van der Waals surface area contributed by atoms with Gasteiger partial charge in [0.05, 0.1) is 11.3 Å². The fraction of sp³-hybridized carbons (Fsp3) is 0.235. The van der Waals surface area contributed by atoms with Crippen molar-refractivity contribution >= 4 is 11.6 Å². The maximum absolute atomic E-state index is 12.0. The molecule has 1 aromatic heterocycles. The molecule has 2 heterocycles. The molecule has 1 aliphatic rings. The standard InChI is InChI=1S/C17H17N3O3/c1-11-3-4-14(10-18-11)17(21)20-19-12(2)13-5-6-15-16(9-13)23-8-7-22-15/h3-6,9-10H,7-8H2,1-2H3,(H,20,21)/b19-12+. The van der Waals surface area contributed by atoms with E-state index in [2.05, 4.69) is 15.5 Å². The lowest BCUT2D eigenvalue weighted by atomic mass is 10.1. The van der Waals surface area contributed by atoms with Crippen LogP contribution in [0.1, 0.15) is 28.5 Å². The Morgan fingerprint density at radius 3 is 2.61 bits per heavy atom. The second-order valence-electron chi connectivity index (χ2n) is 5.18. The highest BCUT2D eigenvalue weighted by molar-refractivity contribution is 6.01. The summed E-state index contributed by atoms with van der Waals surface area (Å²) in [5.41, 5.74) is 5.39. The Bertz CT molecular complexity index is 754. The summed E-state index contributed by atoms with van der Waals surface area (Å²) in [5, 5.41) is 4.14. The molecule has 1 aliphatic heterocycles. The molecule has 1 N–H and O–H groups in total. The molecule has 0 atom stereocenters. The van der Waals surface area contributed by atoms with Crippen LogP contribution in [-0.4, -0.2) is 29.8 Å². The molecular weight excluding hydrogens is 294 g/mol. The third-order valence-corrected chi connectivity index (χ3v) is 3.46. The van der Waals surface area contributed by atoms with Gasteiger partial charge in [-0.15, -0.1) is 0 Å². The number of aryl methyl sites for hydroxylation is 1. The van der Waals surface area contributed by atoms with E-state index in [1.54, 1.807) is 12.1 Å². The molecule has 3 rings (SSSR count). The van der Waals surface area contributed by atoms with Gasteiger partial charge in [-0.05, 0) is 44.2 Å². The van der Waals surface area contributed by atoms with E-state index < -0.39 is 0 Å². The summed E-state index contributed by atoms with van der Waals surface area (Å²) in [6.45, 7) is 4.77. The molecule has 0 saturated carbocycles. The Balaban J connectivity index is 1.72. The molecule has 0 aliphatic carbocycles. The van der Waals surface area contributed by atoms with Gasteiger partial charge in [-0.3, -0.25) is 9.78 Å². The van der Waals surface area contributed by atoms with Crippen LogP contribution >= 0.6 is 0 Å². The van der Waals surface area contributed by atoms with Gasteiger partial charge >= 0.3 is 0 Å². The number of carbonyl (C=O) groups is 1. The summed E-state index contributed by atoms with van der Waals surface area (Å²) in [6, 6.07) is 9.08. The summed E-state index contributed by atoms with van der Waals surface area (Å²) in [4.78, 5) is 16.1. The summed E-state index contributed by atoms with van der Waals surface area (Å²) < 4.78 is 11.0. The maximum Gasteiger partial charge on any atom is 0.272 e. The number of benzene rings is 1. The largest absolute Gasteiger partial charge is 0.486 e. The minimum absolute atomic E-state index is 0.297. The predicted octanol–water partition coefficient (Wildman–Crippen LogP) is 2.32. The van der Waals surface area contributed by atoms with Gasteiger partial charge in [0.15, 0.2) is 11.5 Å². The molecule has 0 unspecified atom stereocenters. The van der Waals surface area contributed by atoms with Gasteiger partial charge < -0.3 is 9.47 Å². The van der Waals surface area contributed by atoms with Crippen molar-refractivity contribution in [3.05, 3.63) is 53.3 Å². The summed E-state index contributed by atoms with van der Waals surface area (Å²) >= 11 is 0. The van der Waals surface area contributed by atoms with Gasteiger partial charge in [-0.25, -0.2) is 5.43 Å².